The molecule has 3 aromatic rings. The Morgan fingerprint density at radius 1 is 1.12 bits per heavy atom. The summed E-state index contributed by atoms with van der Waals surface area (Å²) < 4.78 is 5.75. The van der Waals surface area contributed by atoms with Crippen molar-refractivity contribution in [1.82, 2.24) is 0 Å². The fourth-order valence-corrected chi connectivity index (χ4v) is 2.12. The van der Waals surface area contributed by atoms with E-state index in [2.05, 4.69) is 6.58 Å². The van der Waals surface area contributed by atoms with E-state index in [1.807, 2.05) is 30.3 Å². The summed E-state index contributed by atoms with van der Waals surface area (Å²) in [6, 6.07) is 11.5. The normalized spacial score (nSPS) is 11.1. The summed E-state index contributed by atoms with van der Waals surface area (Å²) in [5.41, 5.74) is 2.49. The fraction of sp³-hybridized carbons (Fsp3) is 0.0667. The Morgan fingerprint density at radius 2 is 1.94 bits per heavy atom. The van der Waals surface area contributed by atoms with Crippen molar-refractivity contribution in [2.75, 3.05) is 0 Å². The molecule has 0 aliphatic heterocycles. The Kier molecular flexibility index (Phi) is 2.15. The van der Waals surface area contributed by atoms with E-state index in [0.717, 1.165) is 27.5 Å². The fourth-order valence-electron chi connectivity index (χ4n) is 2.12. The summed E-state index contributed by atoms with van der Waals surface area (Å²) in [4.78, 5) is 0. The molecule has 0 radical (unpaired) electrons. The van der Waals surface area contributed by atoms with Gasteiger partial charge in [0.1, 0.15) is 16.9 Å². The summed E-state index contributed by atoms with van der Waals surface area (Å²) in [6.07, 6.45) is 2.41. The summed E-state index contributed by atoms with van der Waals surface area (Å²) in [5, 5.41) is 11.9. The van der Waals surface area contributed by atoms with Gasteiger partial charge in [-0.25, -0.2) is 0 Å². The molecule has 0 spiro atoms. The first kappa shape index (κ1) is 9.97. The van der Waals surface area contributed by atoms with Crippen LogP contribution in [0.5, 0.6) is 5.75 Å². The van der Waals surface area contributed by atoms with Gasteiger partial charge in [-0.3, -0.25) is 0 Å². The van der Waals surface area contributed by atoms with Crippen molar-refractivity contribution >= 4 is 21.9 Å². The van der Waals surface area contributed by atoms with Crippen LogP contribution in [0.4, 0.5) is 0 Å². The second-order valence-electron chi connectivity index (χ2n) is 4.07. The molecule has 0 aliphatic rings. The lowest BCUT2D eigenvalue weighted by Crippen LogP contribution is -1.81. The minimum atomic E-state index is 0.295. The number of aromatic hydroxyl groups is 1. The molecule has 1 N–H and O–H groups in total. The quantitative estimate of drug-likeness (QED) is 0.667. The number of para-hydroxylation sites is 1. The Labute approximate surface area is 98.8 Å². The van der Waals surface area contributed by atoms with E-state index < -0.39 is 0 Å². The minimum absolute atomic E-state index is 0.295. The first-order chi connectivity index (χ1) is 8.29. The highest BCUT2D eigenvalue weighted by Gasteiger charge is 2.09. The molecular formula is C15H12O2. The summed E-state index contributed by atoms with van der Waals surface area (Å²) in [7, 11) is 0. The lowest BCUT2D eigenvalue weighted by atomic mass is 10.1. The highest BCUT2D eigenvalue weighted by Crippen LogP contribution is 2.33. The number of allylic oxidation sites excluding steroid dienone is 1. The smallest absolute Gasteiger partial charge is 0.135 e. The van der Waals surface area contributed by atoms with E-state index >= 15 is 0 Å². The average Bonchev–Trinajstić information content (AvgIpc) is 2.68. The van der Waals surface area contributed by atoms with Gasteiger partial charge in [0.25, 0.3) is 0 Å². The van der Waals surface area contributed by atoms with Crippen LogP contribution in [0.1, 0.15) is 5.56 Å². The van der Waals surface area contributed by atoms with Gasteiger partial charge in [-0.2, -0.15) is 0 Å². The number of hydrogen-bond donors (Lipinski definition) is 1. The van der Waals surface area contributed by atoms with E-state index in [-0.39, 0.29) is 0 Å². The molecule has 0 atom stereocenters. The van der Waals surface area contributed by atoms with Crippen molar-refractivity contribution in [3.8, 4) is 5.75 Å². The molecule has 1 heterocycles. The third-order valence-electron chi connectivity index (χ3n) is 2.94. The van der Waals surface area contributed by atoms with Gasteiger partial charge in [0.15, 0.2) is 0 Å². The average molecular weight is 224 g/mol. The second kappa shape index (κ2) is 3.67. The van der Waals surface area contributed by atoms with Gasteiger partial charge in [-0.05, 0) is 24.6 Å². The van der Waals surface area contributed by atoms with Crippen LogP contribution in [0.3, 0.4) is 0 Å². The molecule has 0 saturated carbocycles. The third-order valence-corrected chi connectivity index (χ3v) is 2.94. The number of fused-ring (bicyclic) bond motifs is 3. The minimum Gasteiger partial charge on any atom is -0.508 e. The van der Waals surface area contributed by atoms with E-state index in [1.165, 1.54) is 0 Å². The molecule has 2 nitrogen and oxygen atoms in total. The highest BCUT2D eigenvalue weighted by atomic mass is 16.3. The maximum absolute atomic E-state index is 9.93. The monoisotopic (exact) mass is 224 g/mol. The SMILES string of the molecule is C=CCc1cc2oc3ccccc3c2cc1O. The van der Waals surface area contributed by atoms with E-state index in [0.29, 0.717) is 12.2 Å². The van der Waals surface area contributed by atoms with E-state index in [4.69, 9.17) is 4.42 Å². The summed E-state index contributed by atoms with van der Waals surface area (Å²) in [6.45, 7) is 3.68. The van der Waals surface area contributed by atoms with Crippen LogP contribution in [-0.4, -0.2) is 5.11 Å². The number of hydrogen-bond acceptors (Lipinski definition) is 2. The lowest BCUT2D eigenvalue weighted by Gasteiger charge is -2.00. The molecule has 2 aromatic carbocycles. The zero-order chi connectivity index (χ0) is 11.8. The molecule has 3 rings (SSSR count). The topological polar surface area (TPSA) is 33.4 Å². The molecule has 0 unspecified atom stereocenters. The van der Waals surface area contributed by atoms with Gasteiger partial charge in [-0.15, -0.1) is 6.58 Å². The summed E-state index contributed by atoms with van der Waals surface area (Å²) >= 11 is 0. The van der Waals surface area contributed by atoms with Gasteiger partial charge in [0, 0.05) is 16.3 Å². The Morgan fingerprint density at radius 3 is 2.76 bits per heavy atom. The van der Waals surface area contributed by atoms with E-state index in [9.17, 15) is 5.11 Å². The predicted octanol–water partition coefficient (Wildman–Crippen LogP) is 4.02. The largest absolute Gasteiger partial charge is 0.508 e. The third kappa shape index (κ3) is 1.49. The van der Waals surface area contributed by atoms with Crippen LogP contribution in [0.15, 0.2) is 53.5 Å². The number of furan rings is 1. The number of phenols is 1. The molecule has 1 aromatic heterocycles. The standard InChI is InChI=1S/C15H12O2/c1-2-5-10-8-15-12(9-13(10)16)11-6-3-4-7-14(11)17-15/h2-4,6-9,16H,1,5H2. The Hall–Kier alpha value is -2.22. The molecular weight excluding hydrogens is 212 g/mol. The first-order valence-corrected chi connectivity index (χ1v) is 5.53. The number of rotatable bonds is 2. The van der Waals surface area contributed by atoms with E-state index in [1.54, 1.807) is 12.1 Å². The van der Waals surface area contributed by atoms with Crippen LogP contribution >= 0.6 is 0 Å². The zero-order valence-corrected chi connectivity index (χ0v) is 9.31. The van der Waals surface area contributed by atoms with Crippen LogP contribution in [0.25, 0.3) is 21.9 Å². The van der Waals surface area contributed by atoms with Crippen LogP contribution in [-0.2, 0) is 6.42 Å². The van der Waals surface area contributed by atoms with Gasteiger partial charge in [0.05, 0.1) is 0 Å². The van der Waals surface area contributed by atoms with Crippen molar-refractivity contribution in [2.24, 2.45) is 0 Å². The maximum atomic E-state index is 9.93. The predicted molar refractivity (Wildman–Crippen MR) is 69.3 cm³/mol. The summed E-state index contributed by atoms with van der Waals surface area (Å²) in [5.74, 6) is 0.295. The molecule has 84 valence electrons. The Bertz CT molecular complexity index is 707. The van der Waals surface area contributed by atoms with Gasteiger partial charge in [0.2, 0.25) is 0 Å². The molecule has 0 aliphatic carbocycles. The van der Waals surface area contributed by atoms with Gasteiger partial charge in [-0.1, -0.05) is 24.3 Å². The lowest BCUT2D eigenvalue weighted by molar-refractivity contribution is 0.470. The van der Waals surface area contributed by atoms with Gasteiger partial charge >= 0.3 is 0 Å². The van der Waals surface area contributed by atoms with Crippen molar-refractivity contribution < 1.29 is 9.52 Å². The Balaban J connectivity index is 2.37. The molecule has 0 amide bonds. The second-order valence-corrected chi connectivity index (χ2v) is 4.07. The van der Waals surface area contributed by atoms with Crippen LogP contribution in [0.2, 0.25) is 0 Å². The van der Waals surface area contributed by atoms with Crippen molar-refractivity contribution in [2.45, 2.75) is 6.42 Å². The van der Waals surface area contributed by atoms with Crippen molar-refractivity contribution in [3.05, 3.63) is 54.6 Å². The molecule has 2 heteroatoms. The van der Waals surface area contributed by atoms with Crippen molar-refractivity contribution in [1.29, 1.82) is 0 Å². The molecule has 17 heavy (non-hydrogen) atoms. The van der Waals surface area contributed by atoms with Crippen LogP contribution < -0.4 is 0 Å². The van der Waals surface area contributed by atoms with Crippen LogP contribution in [0, 0.1) is 0 Å². The first-order valence-electron chi connectivity index (χ1n) is 5.53. The van der Waals surface area contributed by atoms with Gasteiger partial charge < -0.3 is 9.52 Å². The maximum Gasteiger partial charge on any atom is 0.135 e. The molecule has 0 saturated heterocycles. The molecule has 0 bridgehead atoms. The van der Waals surface area contributed by atoms with Crippen molar-refractivity contribution in [3.63, 3.8) is 0 Å². The molecule has 0 fully saturated rings. The number of benzene rings is 2. The highest BCUT2D eigenvalue weighted by molar-refractivity contribution is 6.05. The zero-order valence-electron chi connectivity index (χ0n) is 9.31. The number of phenolic OH excluding ortho intramolecular Hbond substituents is 1.